The van der Waals surface area contributed by atoms with Crippen LogP contribution in [0.4, 0.5) is 0 Å². The minimum Gasteiger partial charge on any atom is -0.496 e. The van der Waals surface area contributed by atoms with Crippen molar-refractivity contribution in [2.75, 3.05) is 46.4 Å². The van der Waals surface area contributed by atoms with Gasteiger partial charge in [-0.1, -0.05) is 42.5 Å². The van der Waals surface area contributed by atoms with Crippen LogP contribution in [0.15, 0.2) is 60.8 Å². The molecule has 0 unspecified atom stereocenters. The minimum absolute atomic E-state index is 0.0109. The number of nitrogens with zero attached hydrogens (tertiary/aromatic N) is 3. The molecule has 0 bridgehead atoms. The number of rotatable bonds is 7. The number of aliphatic hydroxyl groups is 1. The quantitative estimate of drug-likeness (QED) is 0.596. The number of hydrogen-bond donors (Lipinski definition) is 2. The number of ether oxygens (including phenoxy) is 1. The van der Waals surface area contributed by atoms with E-state index in [0.29, 0.717) is 36.6 Å². The lowest BCUT2D eigenvalue weighted by atomic mass is 10.1. The number of carbonyl (C=O) groups excluding carboxylic acids is 1. The summed E-state index contributed by atoms with van der Waals surface area (Å²) in [5.41, 5.74) is 3.16. The highest BCUT2D eigenvalue weighted by molar-refractivity contribution is 6.00. The molecule has 2 heterocycles. The van der Waals surface area contributed by atoms with Gasteiger partial charge in [0, 0.05) is 11.8 Å². The first-order valence-electron chi connectivity index (χ1n) is 10.7. The standard InChI is InChI=1S/C24H28N4O3/c1-31-22-10-6-5-9-20(22)23-21(18-28(25-23)17-19-7-3-2-4-8-19)24(30)27-13-11-26(12-14-27)15-16-29/h2-10,18,29H,11-17H2,1H3/p+1. The Kier molecular flexibility index (Phi) is 6.64. The molecular weight excluding hydrogens is 392 g/mol. The molecule has 7 nitrogen and oxygen atoms in total. The second-order valence-electron chi connectivity index (χ2n) is 7.79. The number of aliphatic hydroxyl groups excluding tert-OH is 1. The normalized spacial score (nSPS) is 14.6. The van der Waals surface area contributed by atoms with Crippen molar-refractivity contribution >= 4 is 5.91 Å². The van der Waals surface area contributed by atoms with Crippen molar-refractivity contribution in [3.8, 4) is 17.0 Å². The molecule has 1 amide bonds. The molecule has 0 saturated carbocycles. The van der Waals surface area contributed by atoms with E-state index in [1.165, 1.54) is 4.90 Å². The highest BCUT2D eigenvalue weighted by atomic mass is 16.5. The number of quaternary nitrogens is 1. The molecule has 1 fully saturated rings. The fourth-order valence-corrected chi connectivity index (χ4v) is 4.07. The van der Waals surface area contributed by atoms with Crippen LogP contribution in [-0.4, -0.2) is 72.1 Å². The minimum atomic E-state index is -0.0109. The van der Waals surface area contributed by atoms with E-state index in [1.807, 2.05) is 58.2 Å². The van der Waals surface area contributed by atoms with Gasteiger partial charge in [-0.15, -0.1) is 0 Å². The Labute approximate surface area is 182 Å². The van der Waals surface area contributed by atoms with Crippen LogP contribution in [0.2, 0.25) is 0 Å². The molecule has 0 aliphatic carbocycles. The molecule has 0 atom stereocenters. The molecule has 4 rings (SSSR count). The van der Waals surface area contributed by atoms with Crippen LogP contribution in [0.1, 0.15) is 15.9 Å². The Morgan fingerprint density at radius 1 is 1.10 bits per heavy atom. The molecule has 3 aromatic rings. The topological polar surface area (TPSA) is 72.0 Å². The van der Waals surface area contributed by atoms with Gasteiger partial charge >= 0.3 is 0 Å². The van der Waals surface area contributed by atoms with Crippen molar-refractivity contribution in [2.45, 2.75) is 6.54 Å². The molecule has 162 valence electrons. The summed E-state index contributed by atoms with van der Waals surface area (Å²) >= 11 is 0. The van der Waals surface area contributed by atoms with E-state index in [0.717, 1.165) is 30.8 Å². The van der Waals surface area contributed by atoms with E-state index in [1.54, 1.807) is 7.11 Å². The summed E-state index contributed by atoms with van der Waals surface area (Å²) in [6, 6.07) is 17.8. The zero-order valence-electron chi connectivity index (χ0n) is 17.8. The van der Waals surface area contributed by atoms with E-state index in [9.17, 15) is 9.90 Å². The van der Waals surface area contributed by atoms with Crippen molar-refractivity contribution in [3.63, 3.8) is 0 Å². The predicted molar refractivity (Wildman–Crippen MR) is 118 cm³/mol. The largest absolute Gasteiger partial charge is 0.496 e. The zero-order chi connectivity index (χ0) is 21.6. The van der Waals surface area contributed by atoms with Gasteiger partial charge in [0.2, 0.25) is 0 Å². The summed E-state index contributed by atoms with van der Waals surface area (Å²) in [7, 11) is 1.63. The lowest BCUT2D eigenvalue weighted by molar-refractivity contribution is -0.904. The van der Waals surface area contributed by atoms with Crippen LogP contribution in [0.5, 0.6) is 5.75 Å². The van der Waals surface area contributed by atoms with Crippen LogP contribution < -0.4 is 9.64 Å². The number of aromatic nitrogens is 2. The zero-order valence-corrected chi connectivity index (χ0v) is 17.8. The Balaban J connectivity index is 1.66. The summed E-state index contributed by atoms with van der Waals surface area (Å²) in [5, 5.41) is 14.0. The number of para-hydroxylation sites is 1. The number of benzene rings is 2. The second kappa shape index (κ2) is 9.76. The van der Waals surface area contributed by atoms with E-state index >= 15 is 0 Å². The molecule has 0 radical (unpaired) electrons. The summed E-state index contributed by atoms with van der Waals surface area (Å²) in [5.74, 6) is 0.682. The molecule has 2 aromatic carbocycles. The molecule has 0 spiro atoms. The Morgan fingerprint density at radius 2 is 1.81 bits per heavy atom. The van der Waals surface area contributed by atoms with Gasteiger partial charge in [-0.3, -0.25) is 9.48 Å². The fourth-order valence-electron chi connectivity index (χ4n) is 4.07. The molecular formula is C24H29N4O3+. The van der Waals surface area contributed by atoms with Crippen molar-refractivity contribution in [1.29, 1.82) is 0 Å². The molecule has 1 aliphatic heterocycles. The van der Waals surface area contributed by atoms with Crippen LogP contribution in [-0.2, 0) is 6.54 Å². The van der Waals surface area contributed by atoms with E-state index in [4.69, 9.17) is 9.84 Å². The van der Waals surface area contributed by atoms with Crippen molar-refractivity contribution in [3.05, 3.63) is 71.9 Å². The number of nitrogens with one attached hydrogen (secondary N) is 1. The summed E-state index contributed by atoms with van der Waals surface area (Å²) < 4.78 is 7.38. The van der Waals surface area contributed by atoms with E-state index in [-0.39, 0.29) is 12.5 Å². The van der Waals surface area contributed by atoms with Gasteiger partial charge in [-0.25, -0.2) is 0 Å². The van der Waals surface area contributed by atoms with Crippen LogP contribution in [0, 0.1) is 0 Å². The summed E-state index contributed by atoms with van der Waals surface area (Å²) in [6.07, 6.45) is 1.85. The van der Waals surface area contributed by atoms with Gasteiger partial charge in [0.1, 0.15) is 18.0 Å². The molecule has 7 heteroatoms. The maximum absolute atomic E-state index is 13.5. The molecule has 1 saturated heterocycles. The maximum Gasteiger partial charge on any atom is 0.258 e. The number of methoxy groups -OCH3 is 1. The van der Waals surface area contributed by atoms with Crippen LogP contribution >= 0.6 is 0 Å². The third kappa shape index (κ3) is 4.78. The van der Waals surface area contributed by atoms with Gasteiger partial charge in [0.15, 0.2) is 0 Å². The van der Waals surface area contributed by atoms with Crippen molar-refractivity contribution in [2.24, 2.45) is 0 Å². The van der Waals surface area contributed by atoms with Crippen molar-refractivity contribution in [1.82, 2.24) is 14.7 Å². The van der Waals surface area contributed by atoms with Gasteiger partial charge < -0.3 is 19.6 Å². The molecule has 2 N–H and O–H groups in total. The SMILES string of the molecule is COc1ccccc1-c1nn(Cc2ccccc2)cc1C(=O)N1CC[NH+](CCO)CC1. The van der Waals surface area contributed by atoms with Crippen molar-refractivity contribution < 1.29 is 19.5 Å². The average Bonchev–Trinajstić information content (AvgIpc) is 3.23. The van der Waals surface area contributed by atoms with Crippen LogP contribution in [0.3, 0.4) is 0 Å². The third-order valence-corrected chi connectivity index (χ3v) is 5.76. The third-order valence-electron chi connectivity index (χ3n) is 5.76. The number of piperazine rings is 1. The number of amides is 1. The molecule has 1 aliphatic rings. The summed E-state index contributed by atoms with van der Waals surface area (Å²) in [6.45, 7) is 4.51. The lowest BCUT2D eigenvalue weighted by Gasteiger charge is -2.31. The molecule has 31 heavy (non-hydrogen) atoms. The first-order chi connectivity index (χ1) is 15.2. The average molecular weight is 422 g/mol. The first kappa shape index (κ1) is 21.1. The van der Waals surface area contributed by atoms with E-state index < -0.39 is 0 Å². The predicted octanol–water partition coefficient (Wildman–Crippen LogP) is 0.940. The Morgan fingerprint density at radius 3 is 2.52 bits per heavy atom. The first-order valence-corrected chi connectivity index (χ1v) is 10.7. The summed E-state index contributed by atoms with van der Waals surface area (Å²) in [4.78, 5) is 16.7. The molecule has 1 aromatic heterocycles. The van der Waals surface area contributed by atoms with Crippen LogP contribution in [0.25, 0.3) is 11.3 Å². The lowest BCUT2D eigenvalue weighted by Crippen LogP contribution is -3.15. The second-order valence-corrected chi connectivity index (χ2v) is 7.79. The van der Waals surface area contributed by atoms with Gasteiger partial charge in [-0.05, 0) is 17.7 Å². The highest BCUT2D eigenvalue weighted by Crippen LogP contribution is 2.31. The van der Waals surface area contributed by atoms with E-state index in [2.05, 4.69) is 12.1 Å². The van der Waals surface area contributed by atoms with Gasteiger partial charge in [0.05, 0.1) is 52.0 Å². The maximum atomic E-state index is 13.5. The fraction of sp³-hybridized carbons (Fsp3) is 0.333. The Bertz CT molecular complexity index is 1010. The highest BCUT2D eigenvalue weighted by Gasteiger charge is 2.28. The van der Waals surface area contributed by atoms with Gasteiger partial charge in [0.25, 0.3) is 5.91 Å². The van der Waals surface area contributed by atoms with Gasteiger partial charge in [-0.2, -0.15) is 5.10 Å². The Hall–Kier alpha value is -3.16. The smallest absolute Gasteiger partial charge is 0.258 e. The number of carbonyl (C=O) groups is 1. The number of hydrogen-bond acceptors (Lipinski definition) is 4. The monoisotopic (exact) mass is 421 g/mol.